The molecule has 33 heavy (non-hydrogen) atoms. The first-order chi connectivity index (χ1) is 16.0. The van der Waals surface area contributed by atoms with Gasteiger partial charge in [0.25, 0.3) is 17.7 Å². The summed E-state index contributed by atoms with van der Waals surface area (Å²) < 4.78 is 1.98. The molecule has 0 saturated carbocycles. The maximum absolute atomic E-state index is 12.8. The highest BCUT2D eigenvalue weighted by molar-refractivity contribution is 7.12. The Bertz CT molecular complexity index is 1310. The Balaban J connectivity index is 1.47. The van der Waals surface area contributed by atoms with Gasteiger partial charge < -0.3 is 9.88 Å². The minimum Gasteiger partial charge on any atom is -0.321 e. The maximum atomic E-state index is 12.8. The van der Waals surface area contributed by atoms with Gasteiger partial charge in [-0.15, -0.1) is 11.3 Å². The monoisotopic (exact) mass is 458 g/mol. The van der Waals surface area contributed by atoms with Gasteiger partial charge in [-0.25, -0.2) is 0 Å². The highest BCUT2D eigenvalue weighted by Gasteiger charge is 2.19. The van der Waals surface area contributed by atoms with Crippen molar-refractivity contribution in [1.29, 1.82) is 0 Å². The number of aryl methyl sites for hydroxylation is 1. The maximum Gasteiger partial charge on any atom is 0.271 e. The molecule has 8 heteroatoms. The lowest BCUT2D eigenvalue weighted by molar-refractivity contribution is 0.0846. The summed E-state index contributed by atoms with van der Waals surface area (Å²) in [4.78, 5) is 38.5. The van der Waals surface area contributed by atoms with Crippen molar-refractivity contribution in [3.63, 3.8) is 0 Å². The summed E-state index contributed by atoms with van der Waals surface area (Å²) in [5, 5.41) is 4.55. The number of para-hydroxylation sites is 2. The number of benzene rings is 2. The number of anilines is 1. The molecule has 0 unspecified atom stereocenters. The highest BCUT2D eigenvalue weighted by atomic mass is 32.1. The van der Waals surface area contributed by atoms with Crippen LogP contribution in [0.5, 0.6) is 0 Å². The first kappa shape index (κ1) is 22.0. The van der Waals surface area contributed by atoms with Crippen molar-refractivity contribution < 1.29 is 14.4 Å². The van der Waals surface area contributed by atoms with E-state index in [0.29, 0.717) is 16.1 Å². The van der Waals surface area contributed by atoms with Gasteiger partial charge in [-0.2, -0.15) is 0 Å². The molecule has 0 atom stereocenters. The number of hydrogen-bond acceptors (Lipinski definition) is 4. The molecule has 0 fully saturated rings. The topological polar surface area (TPSA) is 92.2 Å². The van der Waals surface area contributed by atoms with Crippen LogP contribution in [0.1, 0.15) is 41.8 Å². The normalized spacial score (nSPS) is 10.5. The van der Waals surface area contributed by atoms with Crippen LogP contribution in [0.2, 0.25) is 0 Å². The third kappa shape index (κ3) is 4.70. The third-order valence-electron chi connectivity index (χ3n) is 5.14. The van der Waals surface area contributed by atoms with Crippen LogP contribution in [0, 0.1) is 13.8 Å². The van der Waals surface area contributed by atoms with E-state index in [1.165, 1.54) is 11.3 Å². The number of carbonyl (C=O) groups excluding carboxylic acids is 3. The fraction of sp³-hybridized carbons (Fsp3) is 0.0800. The van der Waals surface area contributed by atoms with Gasteiger partial charge in [0.2, 0.25) is 0 Å². The first-order valence-electron chi connectivity index (χ1n) is 10.2. The number of thiophene rings is 1. The van der Waals surface area contributed by atoms with Crippen LogP contribution >= 0.6 is 11.3 Å². The molecule has 0 aliphatic heterocycles. The molecule has 0 saturated heterocycles. The zero-order chi connectivity index (χ0) is 23.4. The Labute approximate surface area is 195 Å². The molecule has 4 rings (SSSR count). The van der Waals surface area contributed by atoms with E-state index >= 15 is 0 Å². The summed E-state index contributed by atoms with van der Waals surface area (Å²) in [7, 11) is 0. The van der Waals surface area contributed by atoms with Gasteiger partial charge in [0.05, 0.1) is 21.7 Å². The summed E-state index contributed by atoms with van der Waals surface area (Å²) >= 11 is 1.31. The Morgan fingerprint density at radius 3 is 2.12 bits per heavy atom. The highest BCUT2D eigenvalue weighted by Crippen LogP contribution is 2.21. The number of hydrogen-bond donors (Lipinski definition) is 3. The van der Waals surface area contributed by atoms with E-state index in [4.69, 9.17) is 0 Å². The Kier molecular flexibility index (Phi) is 6.37. The zero-order valence-electron chi connectivity index (χ0n) is 18.1. The van der Waals surface area contributed by atoms with Crippen LogP contribution in [0.3, 0.4) is 0 Å². The van der Waals surface area contributed by atoms with Gasteiger partial charge in [0, 0.05) is 17.1 Å². The summed E-state index contributed by atoms with van der Waals surface area (Å²) in [6, 6.07) is 21.6. The van der Waals surface area contributed by atoms with E-state index in [9.17, 15) is 14.4 Å². The quantitative estimate of drug-likeness (QED) is 0.385. The second-order valence-corrected chi connectivity index (χ2v) is 8.29. The molecule has 2 aromatic carbocycles. The number of nitrogens with zero attached hydrogens (tertiary/aromatic N) is 1. The molecule has 2 aromatic heterocycles. The lowest BCUT2D eigenvalue weighted by Crippen LogP contribution is -2.42. The summed E-state index contributed by atoms with van der Waals surface area (Å²) in [5.74, 6) is -1.27. The van der Waals surface area contributed by atoms with Gasteiger partial charge >= 0.3 is 0 Å². The molecule has 3 amide bonds. The largest absolute Gasteiger partial charge is 0.321 e. The smallest absolute Gasteiger partial charge is 0.271 e. The molecule has 2 heterocycles. The van der Waals surface area contributed by atoms with Crippen LogP contribution < -0.4 is 16.2 Å². The lowest BCUT2D eigenvalue weighted by Gasteiger charge is -2.12. The SMILES string of the molecule is Cc1cc(C(=O)NNC(=O)c2ccccc2NC(=O)c2cccs2)c(C)n1-c1ccccc1. The van der Waals surface area contributed by atoms with Crippen LogP contribution in [0.4, 0.5) is 5.69 Å². The van der Waals surface area contributed by atoms with Gasteiger partial charge in [-0.3, -0.25) is 25.2 Å². The van der Waals surface area contributed by atoms with Crippen molar-refractivity contribution in [2.45, 2.75) is 13.8 Å². The molecule has 0 bridgehead atoms. The van der Waals surface area contributed by atoms with Crippen LogP contribution in [0.25, 0.3) is 5.69 Å². The van der Waals surface area contributed by atoms with Crippen molar-refractivity contribution in [3.05, 3.63) is 106 Å². The minimum absolute atomic E-state index is 0.234. The predicted octanol–water partition coefficient (Wildman–Crippen LogP) is 4.48. The molecule has 7 nitrogen and oxygen atoms in total. The number of hydrazine groups is 1. The number of aromatic nitrogens is 1. The van der Waals surface area contributed by atoms with E-state index in [2.05, 4.69) is 16.2 Å². The Morgan fingerprint density at radius 2 is 1.42 bits per heavy atom. The number of nitrogens with one attached hydrogen (secondary N) is 3. The summed E-state index contributed by atoms with van der Waals surface area (Å²) in [6.45, 7) is 3.77. The predicted molar refractivity (Wildman–Crippen MR) is 129 cm³/mol. The Morgan fingerprint density at radius 1 is 0.758 bits per heavy atom. The van der Waals surface area contributed by atoms with E-state index in [0.717, 1.165) is 17.1 Å². The van der Waals surface area contributed by atoms with Gasteiger partial charge in [-0.1, -0.05) is 36.4 Å². The molecule has 4 aromatic rings. The molecular formula is C25H22N4O3S. The molecule has 0 spiro atoms. The lowest BCUT2D eigenvalue weighted by atomic mass is 10.1. The number of amides is 3. The minimum atomic E-state index is -0.540. The van der Waals surface area contributed by atoms with Crippen molar-refractivity contribution in [2.24, 2.45) is 0 Å². The van der Waals surface area contributed by atoms with Gasteiger partial charge in [0.15, 0.2) is 0 Å². The molecule has 166 valence electrons. The van der Waals surface area contributed by atoms with Gasteiger partial charge in [-0.05, 0) is 55.6 Å². The fourth-order valence-electron chi connectivity index (χ4n) is 3.60. The van der Waals surface area contributed by atoms with Crippen LogP contribution in [-0.2, 0) is 0 Å². The van der Waals surface area contributed by atoms with E-state index < -0.39 is 11.8 Å². The van der Waals surface area contributed by atoms with Crippen molar-refractivity contribution in [3.8, 4) is 5.69 Å². The first-order valence-corrected chi connectivity index (χ1v) is 11.1. The van der Waals surface area contributed by atoms with Crippen LogP contribution in [0.15, 0.2) is 78.2 Å². The summed E-state index contributed by atoms with van der Waals surface area (Å²) in [6.07, 6.45) is 0. The molecular weight excluding hydrogens is 436 g/mol. The molecule has 0 aliphatic carbocycles. The molecule has 3 N–H and O–H groups in total. The van der Waals surface area contributed by atoms with Gasteiger partial charge in [0.1, 0.15) is 0 Å². The van der Waals surface area contributed by atoms with Crippen LogP contribution in [-0.4, -0.2) is 22.3 Å². The van der Waals surface area contributed by atoms with E-state index in [-0.39, 0.29) is 11.5 Å². The molecule has 0 aliphatic rings. The zero-order valence-corrected chi connectivity index (χ0v) is 18.9. The van der Waals surface area contributed by atoms with E-state index in [1.807, 2.05) is 48.7 Å². The number of rotatable bonds is 5. The standard InChI is InChI=1S/C25H22N4O3S/c1-16-15-20(17(2)29(16)18-9-4-3-5-10-18)24(31)28-27-23(30)19-11-6-7-12-21(19)26-25(32)22-13-8-14-33-22/h3-15H,1-2H3,(H,26,32)(H,27,30)(H,28,31). The fourth-order valence-corrected chi connectivity index (χ4v) is 4.22. The molecule has 0 radical (unpaired) electrons. The summed E-state index contributed by atoms with van der Waals surface area (Å²) in [5.41, 5.74) is 8.57. The van der Waals surface area contributed by atoms with Crippen molar-refractivity contribution >= 4 is 34.7 Å². The third-order valence-corrected chi connectivity index (χ3v) is 6.01. The van der Waals surface area contributed by atoms with Crippen molar-refractivity contribution in [2.75, 3.05) is 5.32 Å². The Hall–Kier alpha value is -4.17. The van der Waals surface area contributed by atoms with E-state index in [1.54, 1.807) is 47.8 Å². The second-order valence-electron chi connectivity index (χ2n) is 7.34. The average molecular weight is 459 g/mol. The average Bonchev–Trinajstić information content (AvgIpc) is 3.46. The second kappa shape index (κ2) is 9.54. The van der Waals surface area contributed by atoms with Crippen molar-refractivity contribution in [1.82, 2.24) is 15.4 Å². The number of carbonyl (C=O) groups is 3.